The molecular weight excluding hydrogens is 370 g/mol. The third-order valence-electron chi connectivity index (χ3n) is 3.84. The fourth-order valence-electron chi connectivity index (χ4n) is 2.48. The first-order valence-electron chi connectivity index (χ1n) is 8.62. The quantitative estimate of drug-likeness (QED) is 0.734. The lowest BCUT2D eigenvalue weighted by molar-refractivity contribution is -0.117. The third kappa shape index (κ3) is 5.60. The molecule has 0 spiro atoms. The minimum absolute atomic E-state index is 0.0444. The van der Waals surface area contributed by atoms with Crippen LogP contribution in [0.5, 0.6) is 0 Å². The molecule has 2 aromatic rings. The van der Waals surface area contributed by atoms with Gasteiger partial charge in [-0.1, -0.05) is 0 Å². The monoisotopic (exact) mass is 390 g/mol. The topological polar surface area (TPSA) is 75.7 Å². The number of hydrogen-bond acceptors (Lipinski definition) is 4. The Balaban J connectivity index is 2.01. The predicted molar refractivity (Wildman–Crippen MR) is 100 cm³/mol. The molecule has 2 amide bonds. The van der Waals surface area contributed by atoms with E-state index in [1.165, 1.54) is 24.0 Å². The van der Waals surface area contributed by atoms with Crippen LogP contribution in [0.3, 0.4) is 0 Å². The number of nitrogens with one attached hydrogen (secondary N) is 1. The highest BCUT2D eigenvalue weighted by Crippen LogP contribution is 2.18. The number of carbonyl (C=O) groups excluding carboxylic acids is 3. The lowest BCUT2D eigenvalue weighted by Gasteiger charge is -2.21. The van der Waals surface area contributed by atoms with Crippen molar-refractivity contribution in [3.63, 3.8) is 0 Å². The molecule has 2 rings (SSSR count). The van der Waals surface area contributed by atoms with Crippen LogP contribution in [0.2, 0.25) is 0 Å². The molecule has 0 bridgehead atoms. The number of rotatable bonds is 7. The summed E-state index contributed by atoms with van der Waals surface area (Å²) >= 11 is 0. The largest absolute Gasteiger partial charge is 0.462 e. The Bertz CT molecular complexity index is 869. The van der Waals surface area contributed by atoms with Gasteiger partial charge in [-0.05, 0) is 43.3 Å². The van der Waals surface area contributed by atoms with Gasteiger partial charge in [0.05, 0.1) is 17.9 Å². The summed E-state index contributed by atoms with van der Waals surface area (Å²) in [6, 6.07) is 9.03. The number of anilines is 2. The van der Waals surface area contributed by atoms with E-state index < -0.39 is 23.5 Å². The summed E-state index contributed by atoms with van der Waals surface area (Å²) in [5.74, 6) is -2.93. The van der Waals surface area contributed by atoms with Crippen molar-refractivity contribution in [2.75, 3.05) is 23.4 Å². The van der Waals surface area contributed by atoms with Crippen LogP contribution in [-0.2, 0) is 14.3 Å². The van der Waals surface area contributed by atoms with Gasteiger partial charge in [-0.15, -0.1) is 0 Å². The number of benzene rings is 2. The summed E-state index contributed by atoms with van der Waals surface area (Å²) in [5.41, 5.74) is 0.708. The first-order chi connectivity index (χ1) is 13.3. The summed E-state index contributed by atoms with van der Waals surface area (Å²) in [4.78, 5) is 37.0. The van der Waals surface area contributed by atoms with Gasteiger partial charge in [0.2, 0.25) is 11.8 Å². The van der Waals surface area contributed by atoms with Gasteiger partial charge in [0.15, 0.2) is 0 Å². The molecule has 8 heteroatoms. The van der Waals surface area contributed by atoms with Crippen LogP contribution < -0.4 is 10.2 Å². The normalized spacial score (nSPS) is 10.3. The van der Waals surface area contributed by atoms with Gasteiger partial charge in [0.1, 0.15) is 11.6 Å². The molecule has 0 heterocycles. The molecule has 0 aliphatic heterocycles. The van der Waals surface area contributed by atoms with Gasteiger partial charge < -0.3 is 15.0 Å². The van der Waals surface area contributed by atoms with E-state index in [0.717, 1.165) is 12.1 Å². The van der Waals surface area contributed by atoms with E-state index in [2.05, 4.69) is 5.32 Å². The lowest BCUT2D eigenvalue weighted by Crippen LogP contribution is -2.32. The van der Waals surface area contributed by atoms with Crippen molar-refractivity contribution in [3.8, 4) is 0 Å². The maximum absolute atomic E-state index is 13.6. The second-order valence-corrected chi connectivity index (χ2v) is 5.86. The molecule has 0 unspecified atom stereocenters. The highest BCUT2D eigenvalue weighted by Gasteiger charge is 2.16. The molecule has 0 radical (unpaired) electrons. The van der Waals surface area contributed by atoms with Gasteiger partial charge in [-0.2, -0.15) is 0 Å². The molecule has 6 nitrogen and oxygen atoms in total. The van der Waals surface area contributed by atoms with Gasteiger partial charge in [0, 0.05) is 31.6 Å². The van der Waals surface area contributed by atoms with Crippen molar-refractivity contribution in [1.82, 2.24) is 0 Å². The van der Waals surface area contributed by atoms with Crippen LogP contribution >= 0.6 is 0 Å². The summed E-state index contributed by atoms with van der Waals surface area (Å²) in [5, 5.41) is 2.34. The molecule has 0 saturated heterocycles. The number of esters is 1. The lowest BCUT2D eigenvalue weighted by atomic mass is 10.2. The van der Waals surface area contributed by atoms with Crippen LogP contribution in [-0.4, -0.2) is 30.9 Å². The average Bonchev–Trinajstić information content (AvgIpc) is 2.64. The van der Waals surface area contributed by atoms with Crippen LogP contribution in [0.15, 0.2) is 42.5 Å². The molecule has 0 atom stereocenters. The van der Waals surface area contributed by atoms with E-state index >= 15 is 0 Å². The molecule has 0 saturated carbocycles. The Morgan fingerprint density at radius 1 is 1.07 bits per heavy atom. The average molecular weight is 390 g/mol. The van der Waals surface area contributed by atoms with Crippen LogP contribution in [0.4, 0.5) is 20.2 Å². The Morgan fingerprint density at radius 3 is 2.32 bits per heavy atom. The Hall–Kier alpha value is -3.29. The molecule has 0 fully saturated rings. The standard InChI is InChI=1S/C20H20F2N2O4/c1-3-28-20(27)14-4-7-16(8-5-14)24(13(2)25)11-10-19(26)23-18-9-6-15(21)12-17(18)22/h4-9,12H,3,10-11H2,1-2H3,(H,23,26). The van der Waals surface area contributed by atoms with E-state index in [1.807, 2.05) is 0 Å². The number of nitrogens with zero attached hydrogens (tertiary/aromatic N) is 1. The first kappa shape index (κ1) is 21.0. The minimum Gasteiger partial charge on any atom is -0.462 e. The third-order valence-corrected chi connectivity index (χ3v) is 3.84. The second kappa shape index (κ2) is 9.59. The number of ether oxygens (including phenoxy) is 1. The molecule has 1 N–H and O–H groups in total. The Kier molecular flexibility index (Phi) is 7.20. The van der Waals surface area contributed by atoms with E-state index in [1.54, 1.807) is 19.1 Å². The Labute approximate surface area is 161 Å². The SMILES string of the molecule is CCOC(=O)c1ccc(N(CCC(=O)Nc2ccc(F)cc2F)C(C)=O)cc1. The van der Waals surface area contributed by atoms with E-state index in [4.69, 9.17) is 4.74 Å². The molecule has 0 aliphatic rings. The number of hydrogen-bond donors (Lipinski definition) is 1. The van der Waals surface area contributed by atoms with Crippen LogP contribution in [0.25, 0.3) is 0 Å². The van der Waals surface area contributed by atoms with Gasteiger partial charge >= 0.3 is 5.97 Å². The highest BCUT2D eigenvalue weighted by molar-refractivity contribution is 5.95. The summed E-state index contributed by atoms with van der Waals surface area (Å²) in [6.45, 7) is 3.34. The fourth-order valence-corrected chi connectivity index (χ4v) is 2.48. The molecule has 148 valence electrons. The van der Waals surface area contributed by atoms with Crippen molar-refractivity contribution in [2.24, 2.45) is 0 Å². The maximum Gasteiger partial charge on any atom is 0.338 e. The van der Waals surface area contributed by atoms with Crippen molar-refractivity contribution in [2.45, 2.75) is 20.3 Å². The van der Waals surface area contributed by atoms with Crippen molar-refractivity contribution in [1.29, 1.82) is 0 Å². The second-order valence-electron chi connectivity index (χ2n) is 5.86. The molecule has 0 aromatic heterocycles. The van der Waals surface area contributed by atoms with Gasteiger partial charge in [0.25, 0.3) is 0 Å². The number of carbonyl (C=O) groups is 3. The molecule has 0 aliphatic carbocycles. The van der Waals surface area contributed by atoms with E-state index in [-0.39, 0.29) is 31.2 Å². The fraction of sp³-hybridized carbons (Fsp3) is 0.250. The molecule has 2 aromatic carbocycles. The number of halogens is 2. The summed E-state index contributed by atoms with van der Waals surface area (Å²) in [7, 11) is 0. The van der Waals surface area contributed by atoms with Gasteiger partial charge in [-0.25, -0.2) is 13.6 Å². The maximum atomic E-state index is 13.6. The zero-order chi connectivity index (χ0) is 20.7. The van der Waals surface area contributed by atoms with E-state index in [9.17, 15) is 23.2 Å². The summed E-state index contributed by atoms with van der Waals surface area (Å²) in [6.07, 6.45) is -0.101. The summed E-state index contributed by atoms with van der Waals surface area (Å²) < 4.78 is 31.4. The van der Waals surface area contributed by atoms with Crippen LogP contribution in [0.1, 0.15) is 30.6 Å². The van der Waals surface area contributed by atoms with Crippen molar-refractivity contribution >= 4 is 29.2 Å². The smallest absolute Gasteiger partial charge is 0.338 e. The highest BCUT2D eigenvalue weighted by atomic mass is 19.1. The van der Waals surface area contributed by atoms with Crippen molar-refractivity contribution in [3.05, 3.63) is 59.7 Å². The van der Waals surface area contributed by atoms with Crippen LogP contribution in [0, 0.1) is 11.6 Å². The predicted octanol–water partition coefficient (Wildman–Crippen LogP) is 3.52. The minimum atomic E-state index is -0.883. The van der Waals surface area contributed by atoms with E-state index in [0.29, 0.717) is 17.3 Å². The molecular formula is C20H20F2N2O4. The molecule has 28 heavy (non-hydrogen) atoms. The van der Waals surface area contributed by atoms with Crippen molar-refractivity contribution < 1.29 is 27.9 Å². The zero-order valence-electron chi connectivity index (χ0n) is 15.5. The van der Waals surface area contributed by atoms with Gasteiger partial charge in [-0.3, -0.25) is 9.59 Å². The number of amides is 2. The Morgan fingerprint density at radius 2 is 1.75 bits per heavy atom. The first-order valence-corrected chi connectivity index (χ1v) is 8.62. The zero-order valence-corrected chi connectivity index (χ0v) is 15.5.